The van der Waals surface area contributed by atoms with Gasteiger partial charge in [-0.2, -0.15) is 26.3 Å². The minimum Gasteiger partial charge on any atom is -0.442 e. The van der Waals surface area contributed by atoms with Crippen molar-refractivity contribution < 1.29 is 50.3 Å². The van der Waals surface area contributed by atoms with E-state index in [-0.39, 0.29) is 11.4 Å². The molecule has 1 aliphatic carbocycles. The van der Waals surface area contributed by atoms with Gasteiger partial charge in [-0.05, 0) is 38.2 Å². The fourth-order valence-corrected chi connectivity index (χ4v) is 5.23. The molecule has 1 aliphatic heterocycles. The summed E-state index contributed by atoms with van der Waals surface area (Å²) in [7, 11) is 0. The molecule has 5 N–H and O–H groups in total. The maximum absolute atomic E-state index is 14.0. The van der Waals surface area contributed by atoms with Gasteiger partial charge in [0.2, 0.25) is 18.0 Å². The van der Waals surface area contributed by atoms with Crippen molar-refractivity contribution in [2.75, 3.05) is 11.6 Å². The number of alkyl halides is 6. The van der Waals surface area contributed by atoms with E-state index in [2.05, 4.69) is 10.3 Å². The predicted molar refractivity (Wildman–Crippen MR) is 156 cm³/mol. The van der Waals surface area contributed by atoms with Crippen LogP contribution in [0.3, 0.4) is 0 Å². The maximum Gasteiger partial charge on any atom is 0.389 e. The molecular formula is C31H33F6N5O5. The standard InChI is InChI=1S/C31H33F6N5O5/c32-30(33,34)13-6-10-20(19(24(38)43)12-14-31(35,36)37)26(44)41-25-27(45)42(17-47-28(46)29(39)15-16-29)22-11-5-4-9-21(22)23(40-25)18-7-2-1-3-8-18/h1-5,7-9,11,19-20,25H,6,10,12-17,39H2,(H2,38,43)(H,41,44)/t19-,20+,25+/m0/s1. The number of amides is 3. The molecule has 0 unspecified atom stereocenters. The SMILES string of the molecule is NC(=O)[C@@H](CCC(F)(F)F)[C@@H](CCCC(F)(F)F)C(=O)N[C@H]1N=C(c2ccccc2)c2ccccc2N(COC(=O)C2(N)CC2)C1=O. The number of rotatable bonds is 13. The molecule has 47 heavy (non-hydrogen) atoms. The first-order chi connectivity index (χ1) is 22.0. The molecule has 3 atom stereocenters. The van der Waals surface area contributed by atoms with Crippen LogP contribution in [0.15, 0.2) is 59.6 Å². The molecule has 2 aromatic rings. The van der Waals surface area contributed by atoms with Gasteiger partial charge in [-0.1, -0.05) is 48.5 Å². The van der Waals surface area contributed by atoms with Gasteiger partial charge in [0.05, 0.1) is 11.4 Å². The van der Waals surface area contributed by atoms with E-state index in [4.69, 9.17) is 16.2 Å². The van der Waals surface area contributed by atoms with Gasteiger partial charge in [0.1, 0.15) is 5.54 Å². The third-order valence-electron chi connectivity index (χ3n) is 7.96. The molecule has 0 spiro atoms. The van der Waals surface area contributed by atoms with Gasteiger partial charge in [-0.15, -0.1) is 0 Å². The Bertz CT molecular complexity index is 1510. The lowest BCUT2D eigenvalue weighted by atomic mass is 9.83. The minimum absolute atomic E-state index is 0.198. The Morgan fingerprint density at radius 2 is 1.55 bits per heavy atom. The molecule has 1 heterocycles. The molecule has 2 aliphatic rings. The van der Waals surface area contributed by atoms with Crippen LogP contribution >= 0.6 is 0 Å². The van der Waals surface area contributed by atoms with Crippen LogP contribution in [0.25, 0.3) is 0 Å². The summed E-state index contributed by atoms with van der Waals surface area (Å²) >= 11 is 0. The number of benzodiazepines with no additional fused rings is 1. The molecule has 0 radical (unpaired) electrons. The highest BCUT2D eigenvalue weighted by atomic mass is 19.4. The van der Waals surface area contributed by atoms with Crippen molar-refractivity contribution in [2.45, 2.75) is 69.0 Å². The smallest absolute Gasteiger partial charge is 0.389 e. The Kier molecular flexibility index (Phi) is 10.6. The Labute approximate surface area is 265 Å². The first kappa shape index (κ1) is 35.4. The average Bonchev–Trinajstić information content (AvgIpc) is 3.77. The number of esters is 1. The Morgan fingerprint density at radius 3 is 2.15 bits per heavy atom. The molecule has 10 nitrogen and oxygen atoms in total. The highest BCUT2D eigenvalue weighted by Gasteiger charge is 2.48. The van der Waals surface area contributed by atoms with Crippen molar-refractivity contribution in [2.24, 2.45) is 28.3 Å². The van der Waals surface area contributed by atoms with Crippen LogP contribution in [0, 0.1) is 11.8 Å². The summed E-state index contributed by atoms with van der Waals surface area (Å²) in [6, 6.07) is 14.8. The van der Waals surface area contributed by atoms with Gasteiger partial charge < -0.3 is 21.5 Å². The number of nitrogens with two attached hydrogens (primary N) is 2. The van der Waals surface area contributed by atoms with E-state index in [9.17, 15) is 45.5 Å². The number of carbonyl (C=O) groups is 4. The van der Waals surface area contributed by atoms with Gasteiger partial charge in [0.15, 0.2) is 6.73 Å². The third kappa shape index (κ3) is 9.30. The van der Waals surface area contributed by atoms with Crippen LogP contribution in [0.4, 0.5) is 32.0 Å². The van der Waals surface area contributed by atoms with Crippen molar-refractivity contribution >= 4 is 35.1 Å². The van der Waals surface area contributed by atoms with E-state index >= 15 is 0 Å². The molecule has 3 amide bonds. The van der Waals surface area contributed by atoms with Crippen LogP contribution in [0.2, 0.25) is 0 Å². The minimum atomic E-state index is -4.75. The maximum atomic E-state index is 14.0. The average molecular weight is 670 g/mol. The molecule has 0 bridgehead atoms. The molecule has 1 saturated carbocycles. The molecule has 16 heteroatoms. The second kappa shape index (κ2) is 14.1. The Hall–Kier alpha value is -4.47. The van der Waals surface area contributed by atoms with Crippen LogP contribution in [0.5, 0.6) is 0 Å². The number of fused-ring (bicyclic) bond motifs is 1. The summed E-state index contributed by atoms with van der Waals surface area (Å²) in [6.07, 6.45) is -15.7. The monoisotopic (exact) mass is 669 g/mol. The first-order valence-corrected chi connectivity index (χ1v) is 14.7. The summed E-state index contributed by atoms with van der Waals surface area (Å²) in [5.41, 5.74) is 11.4. The van der Waals surface area contributed by atoms with E-state index in [1.165, 1.54) is 0 Å². The molecule has 0 saturated heterocycles. The van der Waals surface area contributed by atoms with Gasteiger partial charge in [0.25, 0.3) is 5.91 Å². The molecule has 254 valence electrons. The highest BCUT2D eigenvalue weighted by molar-refractivity contribution is 6.20. The largest absolute Gasteiger partial charge is 0.442 e. The molecule has 4 rings (SSSR count). The number of ether oxygens (including phenoxy) is 1. The summed E-state index contributed by atoms with van der Waals surface area (Å²) < 4.78 is 83.5. The first-order valence-electron chi connectivity index (χ1n) is 14.7. The predicted octanol–water partition coefficient (Wildman–Crippen LogP) is 4.10. The van der Waals surface area contributed by atoms with Gasteiger partial charge in [-0.3, -0.25) is 19.3 Å². The molecular weight excluding hydrogens is 636 g/mol. The van der Waals surface area contributed by atoms with E-state index in [0.29, 0.717) is 24.0 Å². The zero-order valence-corrected chi connectivity index (χ0v) is 24.9. The molecule has 2 aromatic carbocycles. The highest BCUT2D eigenvalue weighted by Crippen LogP contribution is 2.35. The van der Waals surface area contributed by atoms with Gasteiger partial charge >= 0.3 is 18.3 Å². The van der Waals surface area contributed by atoms with E-state index in [1.54, 1.807) is 54.6 Å². The summed E-state index contributed by atoms with van der Waals surface area (Å²) in [4.78, 5) is 58.1. The topological polar surface area (TPSA) is 157 Å². The number of aliphatic imine (C=N–C) groups is 1. The second-order valence-electron chi connectivity index (χ2n) is 11.5. The number of nitrogens with zero attached hydrogens (tertiary/aromatic N) is 2. The van der Waals surface area contributed by atoms with Crippen molar-refractivity contribution in [3.63, 3.8) is 0 Å². The van der Waals surface area contributed by atoms with Crippen molar-refractivity contribution in [1.29, 1.82) is 0 Å². The number of nitrogens with one attached hydrogen (secondary N) is 1. The molecule has 0 aromatic heterocycles. The number of anilines is 1. The number of carbonyl (C=O) groups excluding carboxylic acids is 4. The third-order valence-corrected chi connectivity index (χ3v) is 7.96. The number of halogens is 6. The second-order valence-corrected chi connectivity index (χ2v) is 11.5. The molecule has 1 fully saturated rings. The lowest BCUT2D eigenvalue weighted by Gasteiger charge is -2.28. The number of primary amides is 1. The van der Waals surface area contributed by atoms with Gasteiger partial charge in [0, 0.05) is 35.8 Å². The fraction of sp³-hybridized carbons (Fsp3) is 0.452. The number of hydrogen-bond donors (Lipinski definition) is 3. The van der Waals surface area contributed by atoms with Crippen LogP contribution in [-0.4, -0.2) is 60.2 Å². The zero-order valence-electron chi connectivity index (χ0n) is 24.9. The van der Waals surface area contributed by atoms with Crippen molar-refractivity contribution in [3.8, 4) is 0 Å². The summed E-state index contributed by atoms with van der Waals surface area (Å²) in [5.74, 6) is -7.80. The number of para-hydroxylation sites is 1. The summed E-state index contributed by atoms with van der Waals surface area (Å²) in [5, 5.41) is 2.33. The lowest BCUT2D eigenvalue weighted by Crippen LogP contribution is -2.51. The van der Waals surface area contributed by atoms with E-state index < -0.39 is 98.4 Å². The Balaban J connectivity index is 1.72. The Morgan fingerprint density at radius 1 is 0.936 bits per heavy atom. The van der Waals surface area contributed by atoms with E-state index in [1.807, 2.05) is 0 Å². The van der Waals surface area contributed by atoms with Crippen LogP contribution in [-0.2, 0) is 23.9 Å². The fourth-order valence-electron chi connectivity index (χ4n) is 5.23. The van der Waals surface area contributed by atoms with Crippen LogP contribution in [0.1, 0.15) is 56.1 Å². The quantitative estimate of drug-likeness (QED) is 0.215. The summed E-state index contributed by atoms with van der Waals surface area (Å²) in [6.45, 7) is -0.651. The van der Waals surface area contributed by atoms with E-state index in [0.717, 1.165) is 4.90 Å². The lowest BCUT2D eigenvalue weighted by molar-refractivity contribution is -0.147. The zero-order chi connectivity index (χ0) is 34.6. The van der Waals surface area contributed by atoms with Crippen molar-refractivity contribution in [3.05, 3.63) is 65.7 Å². The van der Waals surface area contributed by atoms with Gasteiger partial charge in [-0.25, -0.2) is 9.79 Å². The van der Waals surface area contributed by atoms with Crippen LogP contribution < -0.4 is 21.7 Å². The van der Waals surface area contributed by atoms with Crippen molar-refractivity contribution in [1.82, 2.24) is 5.32 Å². The number of hydrogen-bond acceptors (Lipinski definition) is 7. The number of benzene rings is 2. The normalized spacial score (nSPS) is 18.7.